The van der Waals surface area contributed by atoms with Gasteiger partial charge in [0.15, 0.2) is 0 Å². The van der Waals surface area contributed by atoms with Crippen molar-refractivity contribution in [2.24, 2.45) is 0 Å². The van der Waals surface area contributed by atoms with E-state index < -0.39 is 0 Å². The van der Waals surface area contributed by atoms with Crippen LogP contribution in [0.5, 0.6) is 0 Å². The van der Waals surface area contributed by atoms with E-state index in [-0.39, 0.29) is 11.3 Å². The normalized spacial score (nSPS) is 14.2. The Kier molecular flexibility index (Phi) is 3.20. The number of H-pyrrole nitrogens is 1. The minimum Gasteiger partial charge on any atom is -0.361 e. The van der Waals surface area contributed by atoms with E-state index in [1.54, 1.807) is 0 Å². The number of fused-ring (bicyclic) bond motifs is 2. The second-order valence-corrected chi connectivity index (χ2v) is 7.36. The molecule has 5 heteroatoms. The first-order valence-electron chi connectivity index (χ1n) is 8.13. The maximum Gasteiger partial charge on any atom is 0.254 e. The van der Waals surface area contributed by atoms with Gasteiger partial charge < -0.3 is 9.88 Å². The summed E-state index contributed by atoms with van der Waals surface area (Å²) in [6.45, 7) is 7.40. The first kappa shape index (κ1) is 14.9. The highest BCUT2D eigenvalue weighted by molar-refractivity contribution is 5.98. The smallest absolute Gasteiger partial charge is 0.254 e. The van der Waals surface area contributed by atoms with E-state index in [4.69, 9.17) is 0 Å². The van der Waals surface area contributed by atoms with E-state index >= 15 is 0 Å². The van der Waals surface area contributed by atoms with Gasteiger partial charge in [0, 0.05) is 41.0 Å². The number of nitrogens with one attached hydrogen (secondary N) is 1. The SMILES string of the molecule is CC(C)(C)c1ncc2c(n1)CN(C(=O)c1ccc3cc[nH]c3c1)C2. The number of aromatic nitrogens is 3. The number of nitrogens with zero attached hydrogens (tertiary/aromatic N) is 3. The van der Waals surface area contributed by atoms with Gasteiger partial charge in [-0.1, -0.05) is 26.8 Å². The molecule has 0 saturated carbocycles. The third-order valence-electron chi connectivity index (χ3n) is 4.42. The lowest BCUT2D eigenvalue weighted by Crippen LogP contribution is -2.25. The van der Waals surface area contributed by atoms with E-state index in [0.717, 1.165) is 28.0 Å². The average molecular weight is 320 g/mol. The standard InChI is InChI=1S/C19H20N4O/c1-19(2,3)18-21-9-14-10-23(11-16(14)22-18)17(24)13-5-4-12-6-7-20-15(12)8-13/h4-9,20H,10-11H2,1-3H3. The first-order chi connectivity index (χ1) is 11.4. The zero-order valence-corrected chi connectivity index (χ0v) is 14.1. The fourth-order valence-corrected chi connectivity index (χ4v) is 3.02. The summed E-state index contributed by atoms with van der Waals surface area (Å²) >= 11 is 0. The van der Waals surface area contributed by atoms with Crippen molar-refractivity contribution in [2.75, 3.05) is 0 Å². The first-order valence-corrected chi connectivity index (χ1v) is 8.13. The molecular formula is C19H20N4O. The van der Waals surface area contributed by atoms with E-state index in [9.17, 15) is 4.79 Å². The molecule has 0 fully saturated rings. The largest absolute Gasteiger partial charge is 0.361 e. The molecular weight excluding hydrogens is 300 g/mol. The molecule has 0 radical (unpaired) electrons. The molecule has 0 aliphatic carbocycles. The molecule has 3 heterocycles. The minimum atomic E-state index is -0.0922. The third-order valence-corrected chi connectivity index (χ3v) is 4.42. The minimum absolute atomic E-state index is 0.0295. The van der Waals surface area contributed by atoms with Crippen LogP contribution in [0.2, 0.25) is 0 Å². The van der Waals surface area contributed by atoms with Crippen LogP contribution < -0.4 is 0 Å². The lowest BCUT2D eigenvalue weighted by atomic mass is 9.95. The molecule has 4 rings (SSSR count). The molecule has 0 unspecified atom stereocenters. The highest BCUT2D eigenvalue weighted by atomic mass is 16.2. The van der Waals surface area contributed by atoms with Crippen molar-refractivity contribution in [3.05, 3.63) is 59.3 Å². The number of carbonyl (C=O) groups excluding carboxylic acids is 1. The molecule has 3 aromatic rings. The van der Waals surface area contributed by atoms with E-state index in [1.165, 1.54) is 0 Å². The molecule has 0 spiro atoms. The fourth-order valence-electron chi connectivity index (χ4n) is 3.02. The van der Waals surface area contributed by atoms with Crippen molar-refractivity contribution in [1.29, 1.82) is 0 Å². The van der Waals surface area contributed by atoms with E-state index in [0.29, 0.717) is 18.7 Å². The highest BCUT2D eigenvalue weighted by Gasteiger charge is 2.28. The number of benzene rings is 1. The number of hydrogen-bond donors (Lipinski definition) is 1. The molecule has 122 valence electrons. The van der Waals surface area contributed by atoms with Crippen molar-refractivity contribution in [3.63, 3.8) is 0 Å². The van der Waals surface area contributed by atoms with Crippen LogP contribution >= 0.6 is 0 Å². The summed E-state index contributed by atoms with van der Waals surface area (Å²) in [6.07, 6.45) is 3.75. The summed E-state index contributed by atoms with van der Waals surface area (Å²) in [7, 11) is 0. The molecule has 1 aliphatic heterocycles. The van der Waals surface area contributed by atoms with Gasteiger partial charge in [0.05, 0.1) is 12.2 Å². The van der Waals surface area contributed by atoms with Crippen LogP contribution in [0.15, 0.2) is 36.7 Å². The Balaban J connectivity index is 1.60. The zero-order chi connectivity index (χ0) is 16.9. The number of aromatic amines is 1. The van der Waals surface area contributed by atoms with E-state index in [1.807, 2.05) is 41.6 Å². The molecule has 1 aromatic carbocycles. The van der Waals surface area contributed by atoms with Crippen molar-refractivity contribution in [2.45, 2.75) is 39.3 Å². The molecule has 1 N–H and O–H groups in total. The zero-order valence-electron chi connectivity index (χ0n) is 14.1. The predicted octanol–water partition coefficient (Wildman–Crippen LogP) is 3.41. The van der Waals surface area contributed by atoms with Crippen LogP contribution in [0.1, 0.15) is 48.2 Å². The van der Waals surface area contributed by atoms with E-state index in [2.05, 4.69) is 35.7 Å². The quantitative estimate of drug-likeness (QED) is 0.747. The second-order valence-electron chi connectivity index (χ2n) is 7.36. The summed E-state index contributed by atoms with van der Waals surface area (Å²) in [5.74, 6) is 0.852. The second kappa shape index (κ2) is 5.16. The highest BCUT2D eigenvalue weighted by Crippen LogP contribution is 2.26. The Hall–Kier alpha value is -2.69. The van der Waals surface area contributed by atoms with Crippen LogP contribution in [0.4, 0.5) is 0 Å². The lowest BCUT2D eigenvalue weighted by molar-refractivity contribution is 0.0750. The molecule has 0 atom stereocenters. The third kappa shape index (κ3) is 2.46. The number of hydrogen-bond acceptors (Lipinski definition) is 3. The Bertz CT molecular complexity index is 936. The van der Waals surface area contributed by atoms with Crippen LogP contribution in [0, 0.1) is 0 Å². The number of amides is 1. The topological polar surface area (TPSA) is 61.9 Å². The fraction of sp³-hybridized carbons (Fsp3) is 0.316. The van der Waals surface area contributed by atoms with Crippen molar-refractivity contribution < 1.29 is 4.79 Å². The maximum absolute atomic E-state index is 12.8. The molecule has 2 aromatic heterocycles. The summed E-state index contributed by atoms with van der Waals surface area (Å²) in [6, 6.07) is 7.76. The molecule has 0 saturated heterocycles. The Morgan fingerprint density at radius 2 is 2.04 bits per heavy atom. The Morgan fingerprint density at radius 1 is 1.21 bits per heavy atom. The predicted molar refractivity (Wildman–Crippen MR) is 92.6 cm³/mol. The number of carbonyl (C=O) groups is 1. The van der Waals surface area contributed by atoms with Crippen molar-refractivity contribution >= 4 is 16.8 Å². The molecule has 24 heavy (non-hydrogen) atoms. The summed E-state index contributed by atoms with van der Waals surface area (Å²) < 4.78 is 0. The van der Waals surface area contributed by atoms with Gasteiger partial charge in [0.25, 0.3) is 5.91 Å². The van der Waals surface area contributed by atoms with Crippen LogP contribution in [0.25, 0.3) is 10.9 Å². The Labute approximate surface area is 140 Å². The average Bonchev–Trinajstić information content (AvgIpc) is 3.18. The van der Waals surface area contributed by atoms with Gasteiger partial charge in [-0.15, -0.1) is 0 Å². The summed E-state index contributed by atoms with van der Waals surface area (Å²) in [5.41, 5.74) is 3.58. The molecule has 1 amide bonds. The Morgan fingerprint density at radius 3 is 2.83 bits per heavy atom. The monoisotopic (exact) mass is 320 g/mol. The van der Waals surface area contributed by atoms with Gasteiger partial charge in [-0.2, -0.15) is 0 Å². The van der Waals surface area contributed by atoms with Crippen LogP contribution in [-0.4, -0.2) is 25.8 Å². The van der Waals surface area contributed by atoms with Gasteiger partial charge in [-0.05, 0) is 23.6 Å². The molecule has 5 nitrogen and oxygen atoms in total. The van der Waals surface area contributed by atoms with Gasteiger partial charge in [-0.25, -0.2) is 9.97 Å². The summed E-state index contributed by atoms with van der Waals surface area (Å²) in [4.78, 5) is 27.0. The van der Waals surface area contributed by atoms with Crippen LogP contribution in [0.3, 0.4) is 0 Å². The van der Waals surface area contributed by atoms with Gasteiger partial charge in [0.2, 0.25) is 0 Å². The summed E-state index contributed by atoms with van der Waals surface area (Å²) in [5, 5.41) is 1.11. The molecule has 1 aliphatic rings. The maximum atomic E-state index is 12.8. The lowest BCUT2D eigenvalue weighted by Gasteiger charge is -2.16. The van der Waals surface area contributed by atoms with Crippen molar-refractivity contribution in [1.82, 2.24) is 19.9 Å². The van der Waals surface area contributed by atoms with Crippen molar-refractivity contribution in [3.8, 4) is 0 Å². The van der Waals surface area contributed by atoms with Crippen LogP contribution in [-0.2, 0) is 18.5 Å². The molecule has 0 bridgehead atoms. The van der Waals surface area contributed by atoms with Gasteiger partial charge >= 0.3 is 0 Å². The number of rotatable bonds is 1. The van der Waals surface area contributed by atoms with Gasteiger partial charge in [0.1, 0.15) is 5.82 Å². The van der Waals surface area contributed by atoms with Gasteiger partial charge in [-0.3, -0.25) is 4.79 Å².